The highest BCUT2D eigenvalue weighted by molar-refractivity contribution is 7.99. The Hall–Kier alpha value is -1.88. The Morgan fingerprint density at radius 2 is 2.00 bits per heavy atom. The van der Waals surface area contributed by atoms with Gasteiger partial charge >= 0.3 is 0 Å². The zero-order valence-electron chi connectivity index (χ0n) is 13.4. The molecule has 2 aromatic carbocycles. The Balaban J connectivity index is 2.49. The molecule has 0 unspecified atom stereocenters. The van der Waals surface area contributed by atoms with Crippen LogP contribution in [0.1, 0.15) is 11.1 Å². The molecule has 0 aromatic heterocycles. The van der Waals surface area contributed by atoms with E-state index in [1.165, 1.54) is 18.2 Å². The smallest absolute Gasteiger partial charge is 0.288 e. The molecule has 0 saturated heterocycles. The molecule has 132 valence electrons. The highest BCUT2D eigenvalue weighted by Crippen LogP contribution is 2.37. The molecule has 0 N–H and O–H groups in total. The van der Waals surface area contributed by atoms with E-state index in [4.69, 9.17) is 16.3 Å². The summed E-state index contributed by atoms with van der Waals surface area (Å²) in [5, 5.41) is 9.66. The summed E-state index contributed by atoms with van der Waals surface area (Å²) in [6.45, 7) is 0.277. The van der Waals surface area contributed by atoms with Crippen molar-refractivity contribution in [1.29, 1.82) is 5.26 Å². The van der Waals surface area contributed by atoms with Gasteiger partial charge in [0.1, 0.15) is 28.9 Å². The fraction of sp³-hybridized carbons (Fsp3) is 0.235. The van der Waals surface area contributed by atoms with Gasteiger partial charge in [0.05, 0.1) is 0 Å². The predicted molar refractivity (Wildman–Crippen MR) is 91.9 cm³/mol. The van der Waals surface area contributed by atoms with Crippen molar-refractivity contribution in [3.8, 4) is 17.6 Å². The number of benzene rings is 2. The third kappa shape index (κ3) is 5.30. The van der Waals surface area contributed by atoms with Crippen LogP contribution in [0, 0.1) is 17.1 Å². The van der Waals surface area contributed by atoms with Crippen molar-refractivity contribution < 1.29 is 17.9 Å². The highest BCUT2D eigenvalue weighted by Gasteiger charge is 2.19. The minimum atomic E-state index is -2.61. The third-order valence-corrected chi connectivity index (χ3v) is 4.13. The largest absolute Gasteiger partial charge is 0.456 e. The average molecular weight is 387 g/mol. The fourth-order valence-electron chi connectivity index (χ4n) is 2.21. The molecular weight excluding hydrogens is 373 g/mol. The Morgan fingerprint density at radius 3 is 2.56 bits per heavy atom. The number of halogens is 4. The van der Waals surface area contributed by atoms with E-state index in [9.17, 15) is 18.4 Å². The lowest BCUT2D eigenvalue weighted by atomic mass is 10.1. The number of alkyl halides is 2. The third-order valence-electron chi connectivity index (χ3n) is 3.10. The second kappa shape index (κ2) is 8.48. The normalized spacial score (nSPS) is 11.0. The number of hydrogen-bond acceptors (Lipinski definition) is 4. The van der Waals surface area contributed by atoms with Crippen molar-refractivity contribution in [2.75, 3.05) is 14.1 Å². The molecule has 0 radical (unpaired) electrons. The van der Waals surface area contributed by atoms with Crippen molar-refractivity contribution in [3.05, 3.63) is 52.3 Å². The zero-order chi connectivity index (χ0) is 18.6. The SMILES string of the molecule is CN(C)Cc1c(SC(F)F)ccc(Oc2cc(F)cc(Cl)c2)c1C#N. The van der Waals surface area contributed by atoms with Crippen LogP contribution in [-0.4, -0.2) is 24.8 Å². The molecule has 25 heavy (non-hydrogen) atoms. The first-order valence-electron chi connectivity index (χ1n) is 7.09. The maximum atomic E-state index is 13.4. The Labute approximate surface area is 153 Å². The van der Waals surface area contributed by atoms with Gasteiger partial charge in [0, 0.05) is 28.1 Å². The molecule has 0 aliphatic rings. The second-order valence-corrected chi connectivity index (χ2v) is 6.82. The van der Waals surface area contributed by atoms with E-state index in [1.807, 2.05) is 6.07 Å². The molecule has 3 nitrogen and oxygen atoms in total. The van der Waals surface area contributed by atoms with E-state index in [1.54, 1.807) is 19.0 Å². The molecule has 0 saturated carbocycles. The fourth-order valence-corrected chi connectivity index (χ4v) is 3.07. The molecule has 0 aliphatic carbocycles. The van der Waals surface area contributed by atoms with E-state index < -0.39 is 11.6 Å². The molecule has 0 heterocycles. The van der Waals surface area contributed by atoms with E-state index in [-0.39, 0.29) is 28.6 Å². The number of hydrogen-bond donors (Lipinski definition) is 0. The van der Waals surface area contributed by atoms with Crippen LogP contribution < -0.4 is 4.74 Å². The van der Waals surface area contributed by atoms with Gasteiger partial charge in [0.2, 0.25) is 0 Å². The van der Waals surface area contributed by atoms with Gasteiger partial charge in [-0.25, -0.2) is 4.39 Å². The minimum absolute atomic E-state index is 0.117. The van der Waals surface area contributed by atoms with Crippen molar-refractivity contribution in [3.63, 3.8) is 0 Å². The van der Waals surface area contributed by atoms with Crippen LogP contribution in [0.15, 0.2) is 35.2 Å². The van der Waals surface area contributed by atoms with Crippen LogP contribution in [0.2, 0.25) is 5.02 Å². The Kier molecular flexibility index (Phi) is 6.59. The first kappa shape index (κ1) is 19.4. The molecule has 0 spiro atoms. The number of thioether (sulfide) groups is 1. The summed E-state index contributed by atoms with van der Waals surface area (Å²) in [6, 6.07) is 8.53. The standard InChI is InChI=1S/C17H14ClF3N2OS/c1-23(2)9-14-13(8-22)15(3-4-16(14)25-17(20)21)24-12-6-10(18)5-11(19)7-12/h3-7,17H,9H2,1-2H3. The second-order valence-electron chi connectivity index (χ2n) is 5.35. The van der Waals surface area contributed by atoms with Gasteiger partial charge < -0.3 is 9.64 Å². The molecule has 0 fully saturated rings. The van der Waals surface area contributed by atoms with Crippen LogP contribution in [0.3, 0.4) is 0 Å². The van der Waals surface area contributed by atoms with Crippen molar-refractivity contribution in [2.45, 2.75) is 17.2 Å². The summed E-state index contributed by atoms with van der Waals surface area (Å²) in [5.41, 5.74) is 0.553. The van der Waals surface area contributed by atoms with Crippen molar-refractivity contribution in [2.24, 2.45) is 0 Å². The van der Waals surface area contributed by atoms with Crippen LogP contribution in [0.4, 0.5) is 13.2 Å². The van der Waals surface area contributed by atoms with Crippen molar-refractivity contribution >= 4 is 23.4 Å². The lowest BCUT2D eigenvalue weighted by Crippen LogP contribution is -2.13. The van der Waals surface area contributed by atoms with E-state index >= 15 is 0 Å². The zero-order valence-corrected chi connectivity index (χ0v) is 15.0. The summed E-state index contributed by atoms with van der Waals surface area (Å²) < 4.78 is 44.6. The molecule has 2 aromatic rings. The molecular formula is C17H14ClF3N2OS. The summed E-state index contributed by atoms with van der Waals surface area (Å²) in [5.74, 6) is -2.92. The average Bonchev–Trinajstić information content (AvgIpc) is 2.48. The topological polar surface area (TPSA) is 36.3 Å². The number of rotatable bonds is 6. The monoisotopic (exact) mass is 386 g/mol. The number of nitrogens with zero attached hydrogens (tertiary/aromatic N) is 2. The molecule has 0 atom stereocenters. The maximum absolute atomic E-state index is 13.4. The van der Waals surface area contributed by atoms with Gasteiger partial charge in [-0.05, 0) is 38.4 Å². The van der Waals surface area contributed by atoms with E-state index in [2.05, 4.69) is 0 Å². The molecule has 0 bridgehead atoms. The maximum Gasteiger partial charge on any atom is 0.288 e. The Morgan fingerprint density at radius 1 is 1.28 bits per heavy atom. The minimum Gasteiger partial charge on any atom is -0.456 e. The van der Waals surface area contributed by atoms with E-state index in [0.29, 0.717) is 22.2 Å². The number of nitriles is 1. The lowest BCUT2D eigenvalue weighted by molar-refractivity contribution is 0.252. The molecule has 8 heteroatoms. The lowest BCUT2D eigenvalue weighted by Gasteiger charge is -2.18. The van der Waals surface area contributed by atoms with Crippen molar-refractivity contribution in [1.82, 2.24) is 4.90 Å². The highest BCUT2D eigenvalue weighted by atomic mass is 35.5. The summed E-state index contributed by atoms with van der Waals surface area (Å²) in [4.78, 5) is 2.05. The quantitative estimate of drug-likeness (QED) is 0.612. The van der Waals surface area contributed by atoms with Crippen LogP contribution in [-0.2, 0) is 6.54 Å². The molecule has 0 aliphatic heterocycles. The molecule has 2 rings (SSSR count). The van der Waals surface area contributed by atoms with Crippen LogP contribution in [0.5, 0.6) is 11.5 Å². The van der Waals surface area contributed by atoms with Gasteiger partial charge in [-0.1, -0.05) is 23.4 Å². The van der Waals surface area contributed by atoms with Gasteiger partial charge in [-0.2, -0.15) is 14.0 Å². The van der Waals surface area contributed by atoms with Gasteiger partial charge in [-0.15, -0.1) is 0 Å². The first-order valence-corrected chi connectivity index (χ1v) is 8.35. The Bertz CT molecular complexity index is 789. The summed E-state index contributed by atoms with van der Waals surface area (Å²) in [7, 11) is 3.52. The predicted octanol–water partition coefficient (Wildman–Crippen LogP) is 5.52. The summed E-state index contributed by atoms with van der Waals surface area (Å²) >= 11 is 6.16. The van der Waals surface area contributed by atoms with Gasteiger partial charge in [0.25, 0.3) is 5.76 Å². The van der Waals surface area contributed by atoms with Crippen LogP contribution >= 0.6 is 23.4 Å². The summed E-state index contributed by atoms with van der Waals surface area (Å²) in [6.07, 6.45) is 0. The molecule has 0 amide bonds. The van der Waals surface area contributed by atoms with E-state index in [0.717, 1.165) is 12.1 Å². The first-order chi connectivity index (χ1) is 11.8. The van der Waals surface area contributed by atoms with Gasteiger partial charge in [0.15, 0.2) is 0 Å². The number of ether oxygens (including phenoxy) is 1. The van der Waals surface area contributed by atoms with Crippen LogP contribution in [0.25, 0.3) is 0 Å². The van der Waals surface area contributed by atoms with Gasteiger partial charge in [-0.3, -0.25) is 0 Å².